The minimum atomic E-state index is -0.489. The molecular formula is C36H19F3N2O. The summed E-state index contributed by atoms with van der Waals surface area (Å²) >= 11 is 0. The Morgan fingerprint density at radius 3 is 1.64 bits per heavy atom. The second-order valence-electron chi connectivity index (χ2n) is 10.5. The van der Waals surface area contributed by atoms with Gasteiger partial charge in [-0.1, -0.05) is 48.5 Å². The molecule has 0 atom stereocenters. The molecule has 0 aliphatic heterocycles. The zero-order valence-corrected chi connectivity index (χ0v) is 21.9. The molecule has 200 valence electrons. The van der Waals surface area contributed by atoms with Crippen molar-refractivity contribution in [3.63, 3.8) is 0 Å². The molecular weight excluding hydrogens is 533 g/mol. The third-order valence-corrected chi connectivity index (χ3v) is 8.26. The zero-order valence-electron chi connectivity index (χ0n) is 21.9. The summed E-state index contributed by atoms with van der Waals surface area (Å²) in [5.41, 5.74) is 5.27. The number of benzene rings is 6. The van der Waals surface area contributed by atoms with Gasteiger partial charge in [0.2, 0.25) is 0 Å². The molecule has 0 amide bonds. The molecule has 0 aliphatic rings. The van der Waals surface area contributed by atoms with Crippen LogP contribution in [0.2, 0.25) is 0 Å². The van der Waals surface area contributed by atoms with E-state index < -0.39 is 5.82 Å². The summed E-state index contributed by atoms with van der Waals surface area (Å²) in [6, 6.07) is 33.9. The Balaban J connectivity index is 1.71. The average Bonchev–Trinajstić information content (AvgIpc) is 3.66. The van der Waals surface area contributed by atoms with Gasteiger partial charge in [0.1, 0.15) is 11.6 Å². The first-order chi connectivity index (χ1) is 20.6. The molecule has 9 rings (SSSR count). The van der Waals surface area contributed by atoms with Gasteiger partial charge in [0.05, 0.1) is 22.1 Å². The quantitative estimate of drug-likeness (QED) is 0.209. The lowest BCUT2D eigenvalue weighted by Crippen LogP contribution is -1.95. The molecule has 3 aromatic heterocycles. The molecule has 3 nitrogen and oxygen atoms in total. The van der Waals surface area contributed by atoms with Crippen LogP contribution in [0.1, 0.15) is 0 Å². The summed E-state index contributed by atoms with van der Waals surface area (Å²) in [5.74, 6) is -1.26. The lowest BCUT2D eigenvalue weighted by Gasteiger charge is -2.10. The fourth-order valence-corrected chi connectivity index (χ4v) is 6.66. The fraction of sp³-hybridized carbons (Fsp3) is 0. The Morgan fingerprint density at radius 1 is 0.452 bits per heavy atom. The maximum Gasteiger partial charge on any atom is 0.171 e. The van der Waals surface area contributed by atoms with Gasteiger partial charge in [0.15, 0.2) is 17.0 Å². The smallest absolute Gasteiger partial charge is 0.171 e. The normalized spacial score (nSPS) is 12.2. The number of nitrogens with zero attached hydrogens (tertiary/aromatic N) is 2. The Hall–Kier alpha value is -5.49. The van der Waals surface area contributed by atoms with Gasteiger partial charge < -0.3 is 13.6 Å². The molecule has 3 heterocycles. The molecule has 0 radical (unpaired) electrons. The van der Waals surface area contributed by atoms with E-state index in [-0.39, 0.29) is 17.2 Å². The summed E-state index contributed by atoms with van der Waals surface area (Å²) in [7, 11) is 0. The molecule has 0 aliphatic carbocycles. The van der Waals surface area contributed by atoms with E-state index in [1.165, 1.54) is 30.3 Å². The van der Waals surface area contributed by atoms with Crippen LogP contribution >= 0.6 is 0 Å². The molecule has 0 bridgehead atoms. The van der Waals surface area contributed by atoms with Gasteiger partial charge in [-0.05, 0) is 66.7 Å². The van der Waals surface area contributed by atoms with Crippen molar-refractivity contribution in [2.45, 2.75) is 0 Å². The minimum absolute atomic E-state index is 0.120. The van der Waals surface area contributed by atoms with Gasteiger partial charge >= 0.3 is 0 Å². The standard InChI is InChI=1S/C36H19F3N2O/c37-20-14-16-28-25(18-20)30-31-24-12-7-13-27(39)35(24)42-36(31)34-32(33(30)40(28)22-8-3-1-4-9-22)26-19-21(38)15-17-29(26)41(34)23-10-5-2-6-11-23/h1-19H. The first-order valence-corrected chi connectivity index (χ1v) is 13.6. The number of hydrogen-bond donors (Lipinski definition) is 0. The lowest BCUT2D eigenvalue weighted by atomic mass is 10.0. The predicted octanol–water partition coefficient (Wildman–Crippen LogP) is 10.2. The number of aromatic nitrogens is 2. The highest BCUT2D eigenvalue weighted by Crippen LogP contribution is 2.49. The summed E-state index contributed by atoms with van der Waals surface area (Å²) in [6.45, 7) is 0. The van der Waals surface area contributed by atoms with Gasteiger partial charge in [-0.3, -0.25) is 0 Å². The number of halogens is 3. The van der Waals surface area contributed by atoms with E-state index >= 15 is 8.78 Å². The molecule has 0 saturated heterocycles. The van der Waals surface area contributed by atoms with E-state index in [0.717, 1.165) is 38.7 Å². The largest absolute Gasteiger partial charge is 0.451 e. The number of para-hydroxylation sites is 3. The summed E-state index contributed by atoms with van der Waals surface area (Å²) in [6.07, 6.45) is 0. The Labute approximate surface area is 236 Å². The van der Waals surface area contributed by atoms with Gasteiger partial charge in [-0.2, -0.15) is 0 Å². The predicted molar refractivity (Wildman–Crippen MR) is 162 cm³/mol. The summed E-state index contributed by atoms with van der Waals surface area (Å²) in [4.78, 5) is 0. The van der Waals surface area contributed by atoms with Crippen molar-refractivity contribution in [2.24, 2.45) is 0 Å². The Bertz CT molecular complexity index is 2540. The van der Waals surface area contributed by atoms with Crippen molar-refractivity contribution in [2.75, 3.05) is 0 Å². The van der Waals surface area contributed by atoms with Crippen LogP contribution in [0.5, 0.6) is 0 Å². The fourth-order valence-electron chi connectivity index (χ4n) is 6.66. The molecule has 6 heteroatoms. The van der Waals surface area contributed by atoms with Crippen LogP contribution in [-0.4, -0.2) is 9.13 Å². The van der Waals surface area contributed by atoms with Gasteiger partial charge in [-0.15, -0.1) is 0 Å². The maximum atomic E-state index is 15.3. The van der Waals surface area contributed by atoms with E-state index in [9.17, 15) is 4.39 Å². The third-order valence-electron chi connectivity index (χ3n) is 8.26. The maximum absolute atomic E-state index is 15.3. The first kappa shape index (κ1) is 23.2. The molecule has 0 unspecified atom stereocenters. The Kier molecular flexibility index (Phi) is 4.58. The van der Waals surface area contributed by atoms with Crippen LogP contribution < -0.4 is 0 Å². The number of fused-ring (bicyclic) bond motifs is 12. The average molecular weight is 553 g/mol. The molecule has 0 spiro atoms. The highest BCUT2D eigenvalue weighted by molar-refractivity contribution is 6.39. The lowest BCUT2D eigenvalue weighted by molar-refractivity contribution is 0.585. The monoisotopic (exact) mass is 552 g/mol. The second-order valence-corrected chi connectivity index (χ2v) is 10.5. The summed E-state index contributed by atoms with van der Waals surface area (Å²) < 4.78 is 55.9. The van der Waals surface area contributed by atoms with E-state index in [2.05, 4.69) is 4.57 Å². The van der Waals surface area contributed by atoms with Gasteiger partial charge in [0, 0.05) is 43.7 Å². The van der Waals surface area contributed by atoms with Crippen molar-refractivity contribution < 1.29 is 17.6 Å². The SMILES string of the molecule is Fc1ccc2c(c1)c1c(c3oc4c(F)cccc4c3c3c4cc(F)ccc4n(-c4ccccc4)c31)n2-c1ccccc1. The van der Waals surface area contributed by atoms with Crippen LogP contribution in [-0.2, 0) is 0 Å². The van der Waals surface area contributed by atoms with Crippen LogP contribution in [0, 0.1) is 17.5 Å². The second kappa shape index (κ2) is 8.27. The Morgan fingerprint density at radius 2 is 1.02 bits per heavy atom. The van der Waals surface area contributed by atoms with E-state index in [1.54, 1.807) is 18.2 Å². The van der Waals surface area contributed by atoms with E-state index in [0.29, 0.717) is 32.6 Å². The van der Waals surface area contributed by atoms with E-state index in [4.69, 9.17) is 4.42 Å². The molecule has 6 aromatic carbocycles. The highest BCUT2D eigenvalue weighted by Gasteiger charge is 2.28. The summed E-state index contributed by atoms with van der Waals surface area (Å²) in [5, 5.41) is 4.04. The highest BCUT2D eigenvalue weighted by atomic mass is 19.1. The van der Waals surface area contributed by atoms with Crippen molar-refractivity contribution >= 4 is 65.6 Å². The van der Waals surface area contributed by atoms with Crippen molar-refractivity contribution in [1.29, 1.82) is 0 Å². The van der Waals surface area contributed by atoms with Crippen molar-refractivity contribution in [3.8, 4) is 11.4 Å². The van der Waals surface area contributed by atoms with Gasteiger partial charge in [0.25, 0.3) is 0 Å². The number of furan rings is 1. The van der Waals surface area contributed by atoms with Gasteiger partial charge in [-0.25, -0.2) is 13.2 Å². The van der Waals surface area contributed by atoms with Crippen molar-refractivity contribution in [1.82, 2.24) is 9.13 Å². The number of hydrogen-bond acceptors (Lipinski definition) is 1. The van der Waals surface area contributed by atoms with E-state index in [1.807, 2.05) is 71.3 Å². The van der Waals surface area contributed by atoms with Crippen molar-refractivity contribution in [3.05, 3.63) is 133 Å². The minimum Gasteiger partial charge on any atom is -0.451 e. The molecule has 0 N–H and O–H groups in total. The molecule has 9 aromatic rings. The van der Waals surface area contributed by atoms with Crippen LogP contribution in [0.3, 0.4) is 0 Å². The first-order valence-electron chi connectivity index (χ1n) is 13.6. The van der Waals surface area contributed by atoms with Crippen LogP contribution in [0.4, 0.5) is 13.2 Å². The zero-order chi connectivity index (χ0) is 28.1. The number of rotatable bonds is 2. The molecule has 0 saturated carbocycles. The third kappa shape index (κ3) is 2.96. The molecule has 42 heavy (non-hydrogen) atoms. The topological polar surface area (TPSA) is 23.0 Å². The van der Waals surface area contributed by atoms with Crippen LogP contribution in [0.15, 0.2) is 120 Å². The molecule has 0 fully saturated rings. The van der Waals surface area contributed by atoms with Crippen LogP contribution in [0.25, 0.3) is 76.9 Å².